The van der Waals surface area contributed by atoms with Gasteiger partial charge in [-0.25, -0.2) is 4.79 Å². The zero-order valence-corrected chi connectivity index (χ0v) is 15.9. The summed E-state index contributed by atoms with van der Waals surface area (Å²) in [5.74, 6) is 0.296. The van der Waals surface area contributed by atoms with Crippen LogP contribution in [0.25, 0.3) is 0 Å². The lowest BCUT2D eigenvalue weighted by Gasteiger charge is -2.29. The van der Waals surface area contributed by atoms with E-state index in [1.54, 1.807) is 24.3 Å². The first kappa shape index (κ1) is 21.3. The molecule has 2 N–H and O–H groups in total. The second kappa shape index (κ2) is 9.39. The smallest absolute Gasteiger partial charge is 0.490 e. The molecule has 0 heterocycles. The number of carbonyl (C=O) groups excluding carboxylic acids is 1. The molecular weight excluding hydrogens is 399 g/mol. The molecule has 1 aliphatic carbocycles. The van der Waals surface area contributed by atoms with Crippen molar-refractivity contribution in [1.29, 1.82) is 5.26 Å². The van der Waals surface area contributed by atoms with E-state index < -0.39 is 18.1 Å². The topological polar surface area (TPSA) is 83.4 Å². The van der Waals surface area contributed by atoms with Crippen molar-refractivity contribution in [2.75, 3.05) is 5.32 Å². The largest absolute Gasteiger partial charge is 0.573 e. The third-order valence-corrected chi connectivity index (χ3v) is 4.62. The van der Waals surface area contributed by atoms with Gasteiger partial charge in [0.05, 0.1) is 17.7 Å². The van der Waals surface area contributed by atoms with Crippen molar-refractivity contribution in [2.24, 2.45) is 0 Å². The lowest BCUT2D eigenvalue weighted by atomic mass is 9.93. The Bertz CT molecular complexity index is 902. The molecule has 1 fully saturated rings. The standard InChI is InChI=1S/C21H20F3N3O3/c22-21(23,24)30-19-3-1-2-16(12-19)27-20(28)26-15-6-10-18(11-7-15)29-17-8-4-14(13-25)5-9-17/h1-5,8-9,12,15,18H,6-7,10-11H2,(H2,26,27,28). The number of ether oxygens (including phenoxy) is 2. The van der Waals surface area contributed by atoms with Gasteiger partial charge < -0.3 is 20.1 Å². The number of urea groups is 1. The van der Waals surface area contributed by atoms with Gasteiger partial charge in [0.25, 0.3) is 0 Å². The van der Waals surface area contributed by atoms with E-state index in [9.17, 15) is 18.0 Å². The Kier molecular flexibility index (Phi) is 6.67. The summed E-state index contributed by atoms with van der Waals surface area (Å²) in [4.78, 5) is 12.2. The SMILES string of the molecule is N#Cc1ccc(OC2CCC(NC(=O)Nc3cccc(OC(F)(F)F)c3)CC2)cc1. The number of carbonyl (C=O) groups is 1. The van der Waals surface area contributed by atoms with Crippen molar-refractivity contribution in [3.63, 3.8) is 0 Å². The van der Waals surface area contributed by atoms with Crippen molar-refractivity contribution in [2.45, 2.75) is 44.2 Å². The van der Waals surface area contributed by atoms with E-state index in [0.717, 1.165) is 25.0 Å². The zero-order chi connectivity index (χ0) is 21.6. The van der Waals surface area contributed by atoms with Crippen molar-refractivity contribution in [1.82, 2.24) is 5.32 Å². The number of rotatable bonds is 5. The third-order valence-electron chi connectivity index (χ3n) is 4.62. The molecular formula is C21H20F3N3O3. The van der Waals surface area contributed by atoms with E-state index in [4.69, 9.17) is 10.00 Å². The first-order valence-corrected chi connectivity index (χ1v) is 9.41. The van der Waals surface area contributed by atoms with Gasteiger partial charge in [-0.2, -0.15) is 5.26 Å². The van der Waals surface area contributed by atoms with Crippen LogP contribution in [0.3, 0.4) is 0 Å². The number of nitrogens with one attached hydrogen (secondary N) is 2. The molecule has 0 radical (unpaired) electrons. The molecule has 2 aromatic rings. The summed E-state index contributed by atoms with van der Waals surface area (Å²) in [7, 11) is 0. The summed E-state index contributed by atoms with van der Waals surface area (Å²) < 4.78 is 46.7. The van der Waals surface area contributed by atoms with E-state index in [2.05, 4.69) is 21.4 Å². The van der Waals surface area contributed by atoms with Crippen LogP contribution >= 0.6 is 0 Å². The minimum absolute atomic E-state index is 0.0234. The summed E-state index contributed by atoms with van der Waals surface area (Å²) >= 11 is 0. The Hall–Kier alpha value is -3.41. The van der Waals surface area contributed by atoms with Crippen LogP contribution in [0.5, 0.6) is 11.5 Å². The second-order valence-corrected chi connectivity index (χ2v) is 6.90. The van der Waals surface area contributed by atoms with Crippen LogP contribution in [-0.4, -0.2) is 24.5 Å². The summed E-state index contributed by atoms with van der Waals surface area (Å²) in [6.45, 7) is 0. The van der Waals surface area contributed by atoms with Gasteiger partial charge >= 0.3 is 12.4 Å². The highest BCUT2D eigenvalue weighted by atomic mass is 19.4. The molecule has 0 unspecified atom stereocenters. The van der Waals surface area contributed by atoms with Crippen molar-refractivity contribution >= 4 is 11.7 Å². The molecule has 0 bridgehead atoms. The minimum atomic E-state index is -4.79. The second-order valence-electron chi connectivity index (χ2n) is 6.90. The van der Waals surface area contributed by atoms with Gasteiger partial charge in [0.2, 0.25) is 0 Å². The fourth-order valence-corrected chi connectivity index (χ4v) is 3.25. The van der Waals surface area contributed by atoms with Gasteiger partial charge in [0.15, 0.2) is 0 Å². The van der Waals surface area contributed by atoms with Gasteiger partial charge in [-0.3, -0.25) is 0 Å². The molecule has 3 rings (SSSR count). The first-order valence-electron chi connectivity index (χ1n) is 9.41. The number of nitrogens with zero attached hydrogens (tertiary/aromatic N) is 1. The number of hydrogen-bond acceptors (Lipinski definition) is 4. The Morgan fingerprint density at radius 1 is 1.03 bits per heavy atom. The maximum Gasteiger partial charge on any atom is 0.573 e. The van der Waals surface area contributed by atoms with Crippen LogP contribution in [0, 0.1) is 11.3 Å². The Labute approximate surface area is 171 Å². The van der Waals surface area contributed by atoms with Gasteiger partial charge in [-0.15, -0.1) is 13.2 Å². The number of nitriles is 1. The van der Waals surface area contributed by atoms with Crippen LogP contribution in [0.1, 0.15) is 31.2 Å². The molecule has 6 nitrogen and oxygen atoms in total. The lowest BCUT2D eigenvalue weighted by molar-refractivity contribution is -0.274. The molecule has 1 aliphatic rings. The Morgan fingerprint density at radius 3 is 2.37 bits per heavy atom. The minimum Gasteiger partial charge on any atom is -0.490 e. The molecule has 1 saturated carbocycles. The van der Waals surface area contributed by atoms with Crippen LogP contribution in [0.4, 0.5) is 23.7 Å². The number of alkyl halides is 3. The summed E-state index contributed by atoms with van der Waals surface area (Å²) in [5, 5.41) is 14.2. The Balaban J connectivity index is 1.44. The van der Waals surface area contributed by atoms with E-state index in [1.165, 1.54) is 12.1 Å². The first-order chi connectivity index (χ1) is 14.3. The fraction of sp³-hybridized carbons (Fsp3) is 0.333. The highest BCUT2D eigenvalue weighted by Gasteiger charge is 2.31. The average Bonchev–Trinajstić information content (AvgIpc) is 2.69. The van der Waals surface area contributed by atoms with Gasteiger partial charge in [0.1, 0.15) is 11.5 Å². The van der Waals surface area contributed by atoms with Crippen molar-refractivity contribution in [3.8, 4) is 17.6 Å². The molecule has 0 atom stereocenters. The van der Waals surface area contributed by atoms with E-state index in [1.807, 2.05) is 0 Å². The van der Waals surface area contributed by atoms with Crippen LogP contribution in [-0.2, 0) is 0 Å². The van der Waals surface area contributed by atoms with Crippen LogP contribution < -0.4 is 20.1 Å². The van der Waals surface area contributed by atoms with E-state index in [0.29, 0.717) is 24.2 Å². The number of hydrogen-bond donors (Lipinski definition) is 2. The predicted octanol–water partition coefficient (Wildman–Crippen LogP) is 4.97. The highest BCUT2D eigenvalue weighted by molar-refractivity contribution is 5.89. The predicted molar refractivity (Wildman–Crippen MR) is 103 cm³/mol. The molecule has 0 aliphatic heterocycles. The molecule has 9 heteroatoms. The van der Waals surface area contributed by atoms with Crippen molar-refractivity contribution in [3.05, 3.63) is 54.1 Å². The third kappa shape index (κ3) is 6.58. The van der Waals surface area contributed by atoms with Gasteiger partial charge in [-0.05, 0) is 62.1 Å². The molecule has 158 valence electrons. The Morgan fingerprint density at radius 2 is 1.73 bits per heavy atom. The monoisotopic (exact) mass is 419 g/mol. The normalized spacial score (nSPS) is 18.7. The summed E-state index contributed by atoms with van der Waals surface area (Å²) in [6, 6.07) is 13.5. The van der Waals surface area contributed by atoms with Crippen molar-refractivity contribution < 1.29 is 27.4 Å². The van der Waals surface area contributed by atoms with E-state index in [-0.39, 0.29) is 17.8 Å². The molecule has 0 spiro atoms. The molecule has 2 aromatic carbocycles. The lowest BCUT2D eigenvalue weighted by Crippen LogP contribution is -2.41. The number of anilines is 1. The average molecular weight is 419 g/mol. The molecule has 30 heavy (non-hydrogen) atoms. The fourth-order valence-electron chi connectivity index (χ4n) is 3.25. The van der Waals surface area contributed by atoms with Crippen LogP contribution in [0.15, 0.2) is 48.5 Å². The van der Waals surface area contributed by atoms with E-state index >= 15 is 0 Å². The summed E-state index contributed by atoms with van der Waals surface area (Å²) in [5.41, 5.74) is 0.767. The van der Waals surface area contributed by atoms with Gasteiger partial charge in [-0.1, -0.05) is 6.07 Å². The molecule has 2 amide bonds. The van der Waals surface area contributed by atoms with Gasteiger partial charge in [0, 0.05) is 17.8 Å². The highest BCUT2D eigenvalue weighted by Crippen LogP contribution is 2.26. The molecule has 0 aromatic heterocycles. The summed E-state index contributed by atoms with van der Waals surface area (Å²) in [6.07, 6.45) is -1.84. The molecule has 0 saturated heterocycles. The number of halogens is 3. The maximum absolute atomic E-state index is 12.3. The van der Waals surface area contributed by atoms with Crippen LogP contribution in [0.2, 0.25) is 0 Å². The number of benzene rings is 2. The quantitative estimate of drug-likeness (QED) is 0.717. The number of amides is 2. The zero-order valence-electron chi connectivity index (χ0n) is 15.9. The maximum atomic E-state index is 12.3.